The number of nitrogens with zero attached hydrogens (tertiary/aromatic N) is 3. The van der Waals surface area contributed by atoms with Gasteiger partial charge < -0.3 is 4.52 Å². The normalized spacial score (nSPS) is 44.5. The molecular weight excluding hydrogens is 268 g/mol. The third-order valence-electron chi connectivity index (χ3n) is 1.42. The van der Waals surface area contributed by atoms with Gasteiger partial charge in [0.05, 0.1) is 0 Å². The highest BCUT2D eigenvalue weighted by Gasteiger charge is 2.35. The van der Waals surface area contributed by atoms with E-state index in [9.17, 15) is 12.6 Å². The number of halogens is 3. The molecule has 0 bridgehead atoms. The summed E-state index contributed by atoms with van der Waals surface area (Å²) in [6.07, 6.45) is 0. The van der Waals surface area contributed by atoms with Gasteiger partial charge in [0.15, 0.2) is 0 Å². The van der Waals surface area contributed by atoms with E-state index in [0.29, 0.717) is 11.6 Å². The summed E-state index contributed by atoms with van der Waals surface area (Å²) in [5.41, 5.74) is 0. The lowest BCUT2D eigenvalue weighted by atomic mass is 11.3. The number of hydrogen-bond acceptors (Lipinski definition) is 4. The highest BCUT2D eigenvalue weighted by molar-refractivity contribution is 7.83. The van der Waals surface area contributed by atoms with Gasteiger partial charge in [-0.25, -0.2) is 0 Å². The van der Waals surface area contributed by atoms with Crippen LogP contribution < -0.4 is 0 Å². The Balaban J connectivity index is 3.60. The first-order valence-corrected chi connectivity index (χ1v) is 8.44. The van der Waals surface area contributed by atoms with Crippen molar-refractivity contribution >= 4 is 22.8 Å². The standard InChI is InChI=1S/C5H9F3N3OP3/c1-4-13(6)9-14(7,5-2)11-15(8,10-13)12-3/h4-5H,1-2H2,3H3. The Morgan fingerprint density at radius 3 is 1.87 bits per heavy atom. The summed E-state index contributed by atoms with van der Waals surface area (Å²) in [6.45, 7) is 6.23. The second-order valence-corrected chi connectivity index (χ2v) is 8.89. The molecule has 15 heavy (non-hydrogen) atoms. The van der Waals surface area contributed by atoms with Crippen molar-refractivity contribution < 1.29 is 17.1 Å². The molecule has 86 valence electrons. The number of hydrogen-bond donors (Lipinski definition) is 0. The van der Waals surface area contributed by atoms with Crippen LogP contribution in [0.3, 0.4) is 0 Å². The van der Waals surface area contributed by atoms with E-state index in [2.05, 4.69) is 31.2 Å². The molecule has 0 saturated heterocycles. The SMILES string of the molecule is C=CP1(F)=NP(F)(C=C)=NP(F)(OC)=N1. The van der Waals surface area contributed by atoms with Gasteiger partial charge in [-0.3, -0.25) is 0 Å². The average molecular weight is 277 g/mol. The van der Waals surface area contributed by atoms with Crippen LogP contribution in [0.4, 0.5) is 12.6 Å². The first kappa shape index (κ1) is 13.0. The molecule has 0 radical (unpaired) electrons. The second kappa shape index (κ2) is 4.06. The molecule has 3 atom stereocenters. The zero-order chi connectivity index (χ0) is 11.7. The summed E-state index contributed by atoms with van der Waals surface area (Å²) in [6, 6.07) is 0. The monoisotopic (exact) mass is 277 g/mol. The van der Waals surface area contributed by atoms with E-state index in [0.717, 1.165) is 7.11 Å². The van der Waals surface area contributed by atoms with Crippen molar-refractivity contribution in [2.75, 3.05) is 7.11 Å². The molecule has 10 heteroatoms. The third kappa shape index (κ3) is 2.73. The van der Waals surface area contributed by atoms with Gasteiger partial charge in [-0.15, -0.1) is 0 Å². The molecule has 1 aliphatic heterocycles. The van der Waals surface area contributed by atoms with Gasteiger partial charge in [0, 0.05) is 7.11 Å². The Morgan fingerprint density at radius 1 is 1.00 bits per heavy atom. The summed E-state index contributed by atoms with van der Waals surface area (Å²) in [4.78, 5) is 0. The third-order valence-corrected chi connectivity index (χ3v) is 8.59. The first-order valence-electron chi connectivity index (χ1n) is 3.63. The largest absolute Gasteiger partial charge is 0.384 e. The van der Waals surface area contributed by atoms with Crippen LogP contribution in [0.2, 0.25) is 0 Å². The maximum atomic E-state index is 13.7. The van der Waals surface area contributed by atoms with Gasteiger partial charge in [0.1, 0.15) is 0 Å². The average Bonchev–Trinajstić information content (AvgIpc) is 2.16. The van der Waals surface area contributed by atoms with Crippen molar-refractivity contribution in [2.45, 2.75) is 0 Å². The van der Waals surface area contributed by atoms with E-state index < -0.39 is 22.8 Å². The minimum atomic E-state index is -4.26. The topological polar surface area (TPSA) is 46.3 Å². The van der Waals surface area contributed by atoms with E-state index in [4.69, 9.17) is 0 Å². The van der Waals surface area contributed by atoms with Crippen LogP contribution in [0.1, 0.15) is 0 Å². The molecule has 4 nitrogen and oxygen atoms in total. The van der Waals surface area contributed by atoms with Gasteiger partial charge in [-0.2, -0.15) is 26.1 Å². The zero-order valence-corrected chi connectivity index (χ0v) is 10.5. The summed E-state index contributed by atoms with van der Waals surface area (Å²) in [5, 5.41) is 0. The maximum Gasteiger partial charge on any atom is 0.384 e. The highest BCUT2D eigenvalue weighted by Crippen LogP contribution is 2.81. The molecule has 0 aromatic rings. The van der Waals surface area contributed by atoms with E-state index in [1.807, 2.05) is 0 Å². The van der Waals surface area contributed by atoms with Crippen LogP contribution in [0.5, 0.6) is 0 Å². The minimum Gasteiger partial charge on any atom is -0.307 e. The lowest BCUT2D eigenvalue weighted by Gasteiger charge is -2.19. The van der Waals surface area contributed by atoms with E-state index in [1.165, 1.54) is 0 Å². The van der Waals surface area contributed by atoms with Crippen molar-refractivity contribution in [3.63, 3.8) is 0 Å². The molecule has 0 saturated carbocycles. The Labute approximate surface area is 86.0 Å². The van der Waals surface area contributed by atoms with Gasteiger partial charge in [0.2, 0.25) is 0 Å². The Hall–Kier alpha value is -0.0800. The quantitative estimate of drug-likeness (QED) is 0.596. The summed E-state index contributed by atoms with van der Waals surface area (Å²) in [7, 11) is -11.4. The van der Waals surface area contributed by atoms with Crippen LogP contribution in [0.25, 0.3) is 0 Å². The molecular formula is C5H9F3N3OP3. The fourth-order valence-corrected chi connectivity index (χ4v) is 7.79. The summed E-state index contributed by atoms with van der Waals surface area (Å²) < 4.78 is 54.7. The van der Waals surface area contributed by atoms with Gasteiger partial charge >= 0.3 is 7.74 Å². The molecule has 0 amide bonds. The molecule has 0 aromatic carbocycles. The first-order chi connectivity index (χ1) is 6.80. The Kier molecular flexibility index (Phi) is 3.52. The molecule has 1 aliphatic rings. The van der Waals surface area contributed by atoms with Crippen LogP contribution in [-0.2, 0) is 4.52 Å². The van der Waals surface area contributed by atoms with Crippen molar-refractivity contribution in [2.24, 2.45) is 13.5 Å². The van der Waals surface area contributed by atoms with Gasteiger partial charge in [-0.05, 0) is 11.6 Å². The Bertz CT molecular complexity index is 458. The maximum absolute atomic E-state index is 13.7. The fourth-order valence-electron chi connectivity index (χ4n) is 0.758. The smallest absolute Gasteiger partial charge is 0.307 e. The molecule has 0 spiro atoms. The van der Waals surface area contributed by atoms with E-state index in [-0.39, 0.29) is 0 Å². The lowest BCUT2D eigenvalue weighted by Crippen LogP contribution is -1.79. The molecule has 1 heterocycles. The van der Waals surface area contributed by atoms with Crippen LogP contribution in [0.15, 0.2) is 38.3 Å². The predicted octanol–water partition coefficient (Wildman–Crippen LogP) is 5.85. The second-order valence-electron chi connectivity index (χ2n) is 2.43. The molecule has 0 aromatic heterocycles. The van der Waals surface area contributed by atoms with Crippen molar-refractivity contribution in [3.8, 4) is 0 Å². The van der Waals surface area contributed by atoms with E-state index >= 15 is 0 Å². The van der Waals surface area contributed by atoms with Gasteiger partial charge in [0.25, 0.3) is 15.0 Å². The molecule has 1 rings (SSSR count). The summed E-state index contributed by atoms with van der Waals surface area (Å²) >= 11 is 0. The van der Waals surface area contributed by atoms with Crippen LogP contribution in [0, 0.1) is 0 Å². The molecule has 3 unspecified atom stereocenters. The van der Waals surface area contributed by atoms with Crippen molar-refractivity contribution in [1.82, 2.24) is 0 Å². The predicted molar refractivity (Wildman–Crippen MR) is 58.8 cm³/mol. The van der Waals surface area contributed by atoms with Crippen LogP contribution >= 0.6 is 22.8 Å². The number of rotatable bonds is 3. The molecule has 0 fully saturated rings. The fraction of sp³-hybridized carbons (Fsp3) is 0.200. The highest BCUT2D eigenvalue weighted by atomic mass is 31.3. The van der Waals surface area contributed by atoms with Gasteiger partial charge in [-0.1, -0.05) is 13.2 Å². The van der Waals surface area contributed by atoms with Crippen LogP contribution in [-0.4, -0.2) is 7.11 Å². The zero-order valence-electron chi connectivity index (χ0n) is 7.79. The summed E-state index contributed by atoms with van der Waals surface area (Å²) in [5.74, 6) is 1.40. The van der Waals surface area contributed by atoms with Crippen molar-refractivity contribution in [3.05, 3.63) is 24.8 Å². The molecule has 0 N–H and O–H groups in total. The molecule has 0 aliphatic carbocycles. The van der Waals surface area contributed by atoms with E-state index in [1.54, 1.807) is 0 Å². The Morgan fingerprint density at radius 2 is 1.47 bits per heavy atom. The minimum absolute atomic E-state index is 0.701. The lowest BCUT2D eigenvalue weighted by molar-refractivity contribution is 0.421. The van der Waals surface area contributed by atoms with Crippen molar-refractivity contribution in [1.29, 1.82) is 0 Å².